The highest BCUT2D eigenvalue weighted by Gasteiger charge is 2.15. The van der Waals surface area contributed by atoms with E-state index in [1.807, 2.05) is 11.3 Å². The molecule has 0 saturated carbocycles. The van der Waals surface area contributed by atoms with Gasteiger partial charge in [0.2, 0.25) is 0 Å². The lowest BCUT2D eigenvalue weighted by atomic mass is 9.94. The summed E-state index contributed by atoms with van der Waals surface area (Å²) in [7, 11) is 0. The number of nitrogens with zero attached hydrogens (tertiary/aromatic N) is 2. The van der Waals surface area contributed by atoms with Crippen molar-refractivity contribution in [3.05, 3.63) is 15.6 Å². The van der Waals surface area contributed by atoms with Crippen molar-refractivity contribution in [3.63, 3.8) is 0 Å². The highest BCUT2D eigenvalue weighted by molar-refractivity contribution is 14.0. The Morgan fingerprint density at radius 1 is 1.25 bits per heavy atom. The Bertz CT molecular complexity index is 553. The van der Waals surface area contributed by atoms with Crippen LogP contribution in [0, 0.1) is 11.8 Å². The van der Waals surface area contributed by atoms with E-state index in [4.69, 9.17) is 9.98 Å². The van der Waals surface area contributed by atoms with Crippen LogP contribution in [0.1, 0.15) is 68.5 Å². The number of nitrogens with one attached hydrogen (secondary N) is 2. The van der Waals surface area contributed by atoms with Crippen LogP contribution >= 0.6 is 35.3 Å². The summed E-state index contributed by atoms with van der Waals surface area (Å²) in [5.74, 6) is 1.98. The van der Waals surface area contributed by atoms with Gasteiger partial charge in [-0.05, 0) is 63.7 Å². The predicted octanol–water partition coefficient (Wildman–Crippen LogP) is 4.17. The molecule has 1 unspecified atom stereocenters. The minimum Gasteiger partial charge on any atom is -0.396 e. The van der Waals surface area contributed by atoms with Crippen LogP contribution in [0.15, 0.2) is 4.99 Å². The number of guanidine groups is 1. The van der Waals surface area contributed by atoms with Gasteiger partial charge in [-0.15, -0.1) is 35.3 Å². The van der Waals surface area contributed by atoms with Crippen molar-refractivity contribution >= 4 is 41.3 Å². The molecule has 3 N–H and O–H groups in total. The number of aliphatic hydroxyl groups excluding tert-OH is 1. The zero-order valence-corrected chi connectivity index (χ0v) is 20.9. The summed E-state index contributed by atoms with van der Waals surface area (Å²) in [6, 6.07) is 0. The molecular formula is C21H39IN4OS. The van der Waals surface area contributed by atoms with Crippen molar-refractivity contribution in [1.29, 1.82) is 0 Å². The molecule has 1 aliphatic rings. The summed E-state index contributed by atoms with van der Waals surface area (Å²) in [6.45, 7) is 9.34. The first kappa shape index (κ1) is 25.6. The van der Waals surface area contributed by atoms with Crippen LogP contribution in [0.5, 0.6) is 0 Å². The fourth-order valence-corrected chi connectivity index (χ4v) is 4.85. The maximum Gasteiger partial charge on any atom is 0.191 e. The molecule has 0 bridgehead atoms. The molecule has 1 aliphatic carbocycles. The van der Waals surface area contributed by atoms with Crippen molar-refractivity contribution in [2.45, 2.75) is 72.1 Å². The highest BCUT2D eigenvalue weighted by Crippen LogP contribution is 2.27. The normalized spacial score (nSPS) is 15.1. The first-order chi connectivity index (χ1) is 13.1. The summed E-state index contributed by atoms with van der Waals surface area (Å²) >= 11 is 1.92. The van der Waals surface area contributed by atoms with Crippen molar-refractivity contribution < 1.29 is 5.11 Å². The number of halogens is 1. The van der Waals surface area contributed by atoms with E-state index >= 15 is 0 Å². The van der Waals surface area contributed by atoms with Crippen LogP contribution in [0.2, 0.25) is 0 Å². The van der Waals surface area contributed by atoms with E-state index in [1.54, 1.807) is 0 Å². The lowest BCUT2D eigenvalue weighted by Crippen LogP contribution is -2.38. The first-order valence-electron chi connectivity index (χ1n) is 10.7. The van der Waals surface area contributed by atoms with Gasteiger partial charge in [0.1, 0.15) is 0 Å². The van der Waals surface area contributed by atoms with Crippen LogP contribution in [-0.2, 0) is 19.3 Å². The molecule has 1 atom stereocenters. The standard InChI is InChI=1S/C21H38N4OS.HI/c1-4-22-21(24-15-17(11-13-26)14-16(2)3)23-12-7-10-20-25-18-8-5-6-9-19(18)27-20;/h16-17,26H,4-15H2,1-3H3,(H2,22,23,24);1H. The Kier molecular flexibility index (Phi) is 13.3. The second-order valence-corrected chi connectivity index (χ2v) is 9.11. The zero-order valence-electron chi connectivity index (χ0n) is 17.8. The average Bonchev–Trinajstić information content (AvgIpc) is 3.05. The van der Waals surface area contributed by atoms with Crippen LogP contribution in [0.4, 0.5) is 0 Å². The number of hydrogen-bond donors (Lipinski definition) is 3. The van der Waals surface area contributed by atoms with E-state index in [9.17, 15) is 5.11 Å². The molecule has 1 aromatic heterocycles. The van der Waals surface area contributed by atoms with E-state index < -0.39 is 0 Å². The van der Waals surface area contributed by atoms with E-state index in [2.05, 4.69) is 31.4 Å². The van der Waals surface area contributed by atoms with Crippen molar-refractivity contribution in [2.24, 2.45) is 16.8 Å². The van der Waals surface area contributed by atoms with Crippen LogP contribution in [-0.4, -0.2) is 42.3 Å². The highest BCUT2D eigenvalue weighted by atomic mass is 127. The van der Waals surface area contributed by atoms with Crippen molar-refractivity contribution in [1.82, 2.24) is 15.6 Å². The number of hydrogen-bond acceptors (Lipinski definition) is 4. The Labute approximate surface area is 192 Å². The quantitative estimate of drug-likeness (QED) is 0.177. The lowest BCUT2D eigenvalue weighted by Gasteiger charge is -2.17. The summed E-state index contributed by atoms with van der Waals surface area (Å²) in [4.78, 5) is 11.1. The fourth-order valence-electron chi connectivity index (χ4n) is 3.65. The minimum atomic E-state index is 0. The monoisotopic (exact) mass is 522 g/mol. The Morgan fingerprint density at radius 3 is 2.71 bits per heavy atom. The molecule has 1 aromatic rings. The number of rotatable bonds is 11. The van der Waals surface area contributed by atoms with E-state index in [0.29, 0.717) is 11.8 Å². The molecule has 5 nitrogen and oxygen atoms in total. The second kappa shape index (κ2) is 14.6. The third-order valence-corrected chi connectivity index (χ3v) is 6.16. The largest absolute Gasteiger partial charge is 0.396 e. The summed E-state index contributed by atoms with van der Waals surface area (Å²) < 4.78 is 0. The van der Waals surface area contributed by atoms with Gasteiger partial charge in [0.15, 0.2) is 5.96 Å². The van der Waals surface area contributed by atoms with Gasteiger partial charge in [0, 0.05) is 37.5 Å². The van der Waals surface area contributed by atoms with Gasteiger partial charge in [0.05, 0.1) is 10.7 Å². The predicted molar refractivity (Wildman–Crippen MR) is 131 cm³/mol. The third kappa shape index (κ3) is 9.39. The Morgan fingerprint density at radius 2 is 2.04 bits per heavy atom. The molecule has 0 amide bonds. The summed E-state index contributed by atoms with van der Waals surface area (Å²) in [6.07, 6.45) is 9.09. The molecule has 0 spiro atoms. The van der Waals surface area contributed by atoms with E-state index in [0.717, 1.165) is 51.3 Å². The molecule has 0 aromatic carbocycles. The second-order valence-electron chi connectivity index (χ2n) is 7.94. The van der Waals surface area contributed by atoms with Gasteiger partial charge in [-0.25, -0.2) is 4.98 Å². The molecular weight excluding hydrogens is 483 g/mol. The molecule has 0 saturated heterocycles. The minimum absolute atomic E-state index is 0. The maximum absolute atomic E-state index is 9.28. The van der Waals surface area contributed by atoms with Crippen molar-refractivity contribution in [2.75, 3.05) is 26.2 Å². The summed E-state index contributed by atoms with van der Waals surface area (Å²) in [5, 5.41) is 17.4. The Hall–Kier alpha value is -0.410. The molecule has 0 radical (unpaired) electrons. The molecule has 2 rings (SSSR count). The van der Waals surface area contributed by atoms with Gasteiger partial charge >= 0.3 is 0 Å². The average molecular weight is 523 g/mol. The van der Waals surface area contributed by atoms with E-state index in [1.165, 1.54) is 41.3 Å². The molecule has 1 heterocycles. The lowest BCUT2D eigenvalue weighted by molar-refractivity contribution is 0.245. The van der Waals surface area contributed by atoms with Gasteiger partial charge in [-0.3, -0.25) is 4.99 Å². The van der Waals surface area contributed by atoms with Crippen molar-refractivity contribution in [3.8, 4) is 0 Å². The van der Waals surface area contributed by atoms with Crippen LogP contribution < -0.4 is 10.6 Å². The molecule has 7 heteroatoms. The zero-order chi connectivity index (χ0) is 19.5. The summed E-state index contributed by atoms with van der Waals surface area (Å²) in [5.41, 5.74) is 1.36. The number of aromatic nitrogens is 1. The third-order valence-electron chi connectivity index (χ3n) is 4.94. The number of aliphatic imine (C=N–C) groups is 1. The first-order valence-corrected chi connectivity index (χ1v) is 11.5. The molecule has 162 valence electrons. The number of fused-ring (bicyclic) bond motifs is 1. The SMILES string of the molecule is CCNC(=NCC(CCO)CC(C)C)NCCCc1nc2c(s1)CCCC2.I. The van der Waals surface area contributed by atoms with Gasteiger partial charge in [-0.2, -0.15) is 0 Å². The number of aryl methyl sites for hydroxylation is 3. The van der Waals surface area contributed by atoms with Gasteiger partial charge in [0.25, 0.3) is 0 Å². The molecule has 0 fully saturated rings. The molecule has 0 aliphatic heterocycles. The maximum atomic E-state index is 9.28. The van der Waals surface area contributed by atoms with E-state index in [-0.39, 0.29) is 30.6 Å². The van der Waals surface area contributed by atoms with Crippen LogP contribution in [0.3, 0.4) is 0 Å². The van der Waals surface area contributed by atoms with Crippen LogP contribution in [0.25, 0.3) is 0 Å². The fraction of sp³-hybridized carbons (Fsp3) is 0.810. The number of thiazole rings is 1. The topological polar surface area (TPSA) is 69.5 Å². The van der Waals surface area contributed by atoms with Gasteiger partial charge in [-0.1, -0.05) is 13.8 Å². The van der Waals surface area contributed by atoms with Gasteiger partial charge < -0.3 is 15.7 Å². The molecule has 28 heavy (non-hydrogen) atoms. The number of aliphatic hydroxyl groups is 1. The Balaban J connectivity index is 0.00000392. The smallest absolute Gasteiger partial charge is 0.191 e.